The highest BCUT2D eigenvalue weighted by atomic mass is 35.5. The number of hydrogen-bond donors (Lipinski definition) is 1. The first-order valence-corrected chi connectivity index (χ1v) is 6.80. The van der Waals surface area contributed by atoms with Crippen molar-refractivity contribution in [2.75, 3.05) is 6.61 Å². The fourth-order valence-electron chi connectivity index (χ4n) is 1.70. The van der Waals surface area contributed by atoms with Gasteiger partial charge in [-0.2, -0.15) is 0 Å². The molecule has 2 nitrogen and oxygen atoms in total. The maximum Gasteiger partial charge on any atom is 0.0972 e. The van der Waals surface area contributed by atoms with E-state index in [0.29, 0.717) is 0 Å². The Morgan fingerprint density at radius 3 is 2.22 bits per heavy atom. The lowest BCUT2D eigenvalue weighted by Gasteiger charge is -2.25. The van der Waals surface area contributed by atoms with Crippen LogP contribution < -0.4 is 5.73 Å². The van der Waals surface area contributed by atoms with Crippen molar-refractivity contribution in [3.05, 3.63) is 34.9 Å². The van der Waals surface area contributed by atoms with Gasteiger partial charge in [-0.15, -0.1) is 0 Å². The van der Waals surface area contributed by atoms with Crippen molar-refractivity contribution < 1.29 is 4.74 Å². The summed E-state index contributed by atoms with van der Waals surface area (Å²) in [7, 11) is 0. The standard InChI is InChI=1S/C15H24ClNO/c1-11(17)14(18-10-9-15(2,3)4)12-5-7-13(16)8-6-12/h5-8,11,14H,9-10,17H2,1-4H3. The van der Waals surface area contributed by atoms with Crippen LogP contribution in [-0.2, 0) is 4.74 Å². The minimum absolute atomic E-state index is 0.0360. The summed E-state index contributed by atoms with van der Waals surface area (Å²) in [6.45, 7) is 9.31. The number of benzene rings is 1. The maximum atomic E-state index is 6.00. The van der Waals surface area contributed by atoms with Crippen LogP contribution in [0.15, 0.2) is 24.3 Å². The fourth-order valence-corrected chi connectivity index (χ4v) is 1.82. The van der Waals surface area contributed by atoms with Crippen LogP contribution in [0.1, 0.15) is 45.8 Å². The molecule has 2 N–H and O–H groups in total. The summed E-state index contributed by atoms with van der Waals surface area (Å²) in [5.41, 5.74) is 7.37. The molecule has 102 valence electrons. The molecule has 0 aliphatic carbocycles. The zero-order valence-corrected chi connectivity index (χ0v) is 12.5. The Morgan fingerprint density at radius 2 is 1.78 bits per heavy atom. The highest BCUT2D eigenvalue weighted by molar-refractivity contribution is 6.30. The van der Waals surface area contributed by atoms with Gasteiger partial charge in [0.1, 0.15) is 0 Å². The van der Waals surface area contributed by atoms with Crippen LogP contribution >= 0.6 is 11.6 Å². The van der Waals surface area contributed by atoms with Crippen molar-refractivity contribution in [2.45, 2.75) is 46.3 Å². The van der Waals surface area contributed by atoms with Crippen LogP contribution in [0, 0.1) is 5.41 Å². The van der Waals surface area contributed by atoms with Gasteiger partial charge >= 0.3 is 0 Å². The largest absolute Gasteiger partial charge is 0.372 e. The second-order valence-corrected chi connectivity index (χ2v) is 6.45. The van der Waals surface area contributed by atoms with E-state index >= 15 is 0 Å². The normalized spacial score (nSPS) is 15.4. The summed E-state index contributed by atoms with van der Waals surface area (Å²) in [6.07, 6.45) is 0.952. The average molecular weight is 270 g/mol. The topological polar surface area (TPSA) is 35.2 Å². The molecule has 0 amide bonds. The zero-order chi connectivity index (χ0) is 13.8. The zero-order valence-electron chi connectivity index (χ0n) is 11.7. The molecule has 0 aliphatic heterocycles. The van der Waals surface area contributed by atoms with Gasteiger partial charge in [-0.25, -0.2) is 0 Å². The SMILES string of the molecule is CC(N)C(OCCC(C)(C)C)c1ccc(Cl)cc1. The first-order valence-electron chi connectivity index (χ1n) is 6.42. The van der Waals surface area contributed by atoms with Gasteiger partial charge in [0.15, 0.2) is 0 Å². The fraction of sp³-hybridized carbons (Fsp3) is 0.600. The van der Waals surface area contributed by atoms with Gasteiger partial charge in [-0.3, -0.25) is 0 Å². The first-order chi connectivity index (χ1) is 8.29. The molecule has 2 unspecified atom stereocenters. The number of rotatable bonds is 5. The molecular formula is C15H24ClNO. The average Bonchev–Trinajstić information content (AvgIpc) is 2.24. The highest BCUT2D eigenvalue weighted by Crippen LogP contribution is 2.25. The third-order valence-electron chi connectivity index (χ3n) is 2.83. The second kappa shape index (κ2) is 6.55. The van der Waals surface area contributed by atoms with Gasteiger partial charge in [-0.1, -0.05) is 44.5 Å². The third kappa shape index (κ3) is 5.38. The smallest absolute Gasteiger partial charge is 0.0972 e. The van der Waals surface area contributed by atoms with Crippen molar-refractivity contribution in [2.24, 2.45) is 11.1 Å². The van der Waals surface area contributed by atoms with Gasteiger partial charge in [0.25, 0.3) is 0 Å². The van der Waals surface area contributed by atoms with Crippen LogP contribution in [-0.4, -0.2) is 12.6 Å². The lowest BCUT2D eigenvalue weighted by molar-refractivity contribution is 0.0242. The maximum absolute atomic E-state index is 6.00. The summed E-state index contributed by atoms with van der Waals surface area (Å²) in [4.78, 5) is 0. The van der Waals surface area contributed by atoms with Gasteiger partial charge in [0, 0.05) is 17.7 Å². The van der Waals surface area contributed by atoms with Crippen molar-refractivity contribution in [1.82, 2.24) is 0 Å². The van der Waals surface area contributed by atoms with Gasteiger partial charge in [0.05, 0.1) is 6.10 Å². The van der Waals surface area contributed by atoms with Gasteiger partial charge in [0.2, 0.25) is 0 Å². The Bertz CT molecular complexity index is 354. The van der Waals surface area contributed by atoms with Gasteiger partial charge < -0.3 is 10.5 Å². The summed E-state index contributed by atoms with van der Waals surface area (Å²) in [6, 6.07) is 7.67. The van der Waals surface area contributed by atoms with E-state index in [1.165, 1.54) is 0 Å². The molecule has 3 heteroatoms. The third-order valence-corrected chi connectivity index (χ3v) is 3.08. The highest BCUT2D eigenvalue weighted by Gasteiger charge is 2.18. The molecule has 0 saturated carbocycles. The summed E-state index contributed by atoms with van der Waals surface area (Å²) in [5.74, 6) is 0. The van der Waals surface area contributed by atoms with E-state index in [1.807, 2.05) is 31.2 Å². The molecular weight excluding hydrogens is 246 g/mol. The predicted octanol–water partition coefficient (Wildman–Crippen LogP) is 4.18. The Balaban J connectivity index is 2.63. The van der Waals surface area contributed by atoms with E-state index < -0.39 is 0 Å². The molecule has 0 heterocycles. The first kappa shape index (κ1) is 15.5. The molecule has 18 heavy (non-hydrogen) atoms. The number of ether oxygens (including phenoxy) is 1. The molecule has 1 rings (SSSR count). The van der Waals surface area contributed by atoms with Crippen LogP contribution in [0.5, 0.6) is 0 Å². The molecule has 0 fully saturated rings. The van der Waals surface area contributed by atoms with E-state index in [0.717, 1.165) is 23.6 Å². The molecule has 1 aromatic rings. The Kier molecular flexibility index (Phi) is 5.64. The molecule has 0 aromatic heterocycles. The summed E-state index contributed by atoms with van der Waals surface area (Å²) in [5, 5.41) is 0.733. The number of halogens is 1. The van der Waals surface area contributed by atoms with Crippen LogP contribution in [0.3, 0.4) is 0 Å². The van der Waals surface area contributed by atoms with Crippen molar-refractivity contribution in [3.8, 4) is 0 Å². The van der Waals surface area contributed by atoms with E-state index in [9.17, 15) is 0 Å². The van der Waals surface area contributed by atoms with E-state index in [4.69, 9.17) is 22.1 Å². The minimum Gasteiger partial charge on any atom is -0.372 e. The summed E-state index contributed by atoms with van der Waals surface area (Å²) < 4.78 is 5.94. The van der Waals surface area contributed by atoms with Crippen LogP contribution in [0.2, 0.25) is 5.02 Å². The van der Waals surface area contributed by atoms with E-state index in [2.05, 4.69) is 20.8 Å². The number of hydrogen-bond acceptors (Lipinski definition) is 2. The summed E-state index contributed by atoms with van der Waals surface area (Å²) >= 11 is 5.89. The molecule has 0 aliphatic rings. The second-order valence-electron chi connectivity index (χ2n) is 6.01. The van der Waals surface area contributed by atoms with Crippen molar-refractivity contribution in [1.29, 1.82) is 0 Å². The minimum atomic E-state index is -0.0652. The van der Waals surface area contributed by atoms with E-state index in [-0.39, 0.29) is 17.6 Å². The quantitative estimate of drug-likeness (QED) is 0.870. The van der Waals surface area contributed by atoms with Crippen molar-refractivity contribution in [3.63, 3.8) is 0 Å². The molecule has 0 saturated heterocycles. The molecule has 0 spiro atoms. The monoisotopic (exact) mass is 269 g/mol. The predicted molar refractivity (Wildman–Crippen MR) is 77.9 cm³/mol. The lowest BCUT2D eigenvalue weighted by Crippen LogP contribution is -2.28. The number of nitrogens with two attached hydrogens (primary N) is 1. The molecule has 0 bridgehead atoms. The van der Waals surface area contributed by atoms with Crippen molar-refractivity contribution >= 4 is 11.6 Å². The van der Waals surface area contributed by atoms with E-state index in [1.54, 1.807) is 0 Å². The Morgan fingerprint density at radius 1 is 1.22 bits per heavy atom. The Labute approximate surface area is 115 Å². The molecule has 0 radical (unpaired) electrons. The van der Waals surface area contributed by atoms with Gasteiger partial charge in [-0.05, 0) is 36.5 Å². The van der Waals surface area contributed by atoms with Crippen LogP contribution in [0.4, 0.5) is 0 Å². The molecule has 1 aromatic carbocycles. The Hall–Kier alpha value is -0.570. The molecule has 2 atom stereocenters. The lowest BCUT2D eigenvalue weighted by atomic mass is 9.93. The van der Waals surface area contributed by atoms with Crippen LogP contribution in [0.25, 0.3) is 0 Å².